The lowest BCUT2D eigenvalue weighted by Crippen LogP contribution is -2.34. The molecule has 0 saturated carbocycles. The van der Waals surface area contributed by atoms with Crippen molar-refractivity contribution in [2.75, 3.05) is 32.1 Å². The Balaban J connectivity index is 1.94. The summed E-state index contributed by atoms with van der Waals surface area (Å²) in [6, 6.07) is 4.36. The van der Waals surface area contributed by atoms with Crippen molar-refractivity contribution < 1.29 is 8.78 Å². The van der Waals surface area contributed by atoms with Crippen molar-refractivity contribution in [1.82, 2.24) is 10.2 Å². The maximum absolute atomic E-state index is 13.3. The van der Waals surface area contributed by atoms with Crippen LogP contribution >= 0.6 is 11.8 Å². The van der Waals surface area contributed by atoms with Crippen molar-refractivity contribution in [3.63, 3.8) is 0 Å². The third kappa shape index (κ3) is 4.17. The van der Waals surface area contributed by atoms with Crippen LogP contribution in [0.15, 0.2) is 18.2 Å². The van der Waals surface area contributed by atoms with Gasteiger partial charge in [0.05, 0.1) is 0 Å². The molecule has 0 amide bonds. The van der Waals surface area contributed by atoms with Crippen LogP contribution in [0.25, 0.3) is 0 Å². The molecular weight excluding hydrogens is 278 g/mol. The van der Waals surface area contributed by atoms with Gasteiger partial charge in [-0.2, -0.15) is 11.8 Å². The molecule has 1 N–H and O–H groups in total. The smallest absolute Gasteiger partial charge is 0.126 e. The molecule has 1 aromatic rings. The number of thioether (sulfide) groups is 1. The van der Waals surface area contributed by atoms with Crippen molar-refractivity contribution in [2.24, 2.45) is 0 Å². The van der Waals surface area contributed by atoms with Gasteiger partial charge in [0.2, 0.25) is 0 Å². The average Bonchev–Trinajstić information content (AvgIpc) is 2.92. The van der Waals surface area contributed by atoms with Crippen LogP contribution in [0.4, 0.5) is 8.78 Å². The molecule has 1 fully saturated rings. The fourth-order valence-corrected chi connectivity index (χ4v) is 3.94. The summed E-state index contributed by atoms with van der Waals surface area (Å²) >= 11 is 1.99. The molecule has 2 unspecified atom stereocenters. The topological polar surface area (TPSA) is 15.3 Å². The van der Waals surface area contributed by atoms with Crippen LogP contribution < -0.4 is 5.32 Å². The van der Waals surface area contributed by atoms with E-state index in [1.54, 1.807) is 0 Å². The number of nitrogens with one attached hydrogen (secondary N) is 1. The molecular formula is C15H22F2N2S. The lowest BCUT2D eigenvalue weighted by Gasteiger charge is -2.26. The van der Waals surface area contributed by atoms with Gasteiger partial charge in [0.25, 0.3) is 0 Å². The Morgan fingerprint density at radius 2 is 2.05 bits per heavy atom. The molecule has 1 heterocycles. The summed E-state index contributed by atoms with van der Waals surface area (Å²) in [7, 11) is 3.97. The molecule has 0 aromatic heterocycles. The summed E-state index contributed by atoms with van der Waals surface area (Å²) in [4.78, 5) is 2.36. The first kappa shape index (κ1) is 15.7. The van der Waals surface area contributed by atoms with E-state index in [1.807, 2.05) is 18.8 Å². The van der Waals surface area contributed by atoms with Crippen LogP contribution in [0.5, 0.6) is 0 Å². The van der Waals surface area contributed by atoms with E-state index in [9.17, 15) is 8.78 Å². The second-order valence-corrected chi connectivity index (χ2v) is 6.48. The monoisotopic (exact) mass is 300 g/mol. The maximum atomic E-state index is 13.3. The van der Waals surface area contributed by atoms with Crippen molar-refractivity contribution >= 4 is 11.8 Å². The summed E-state index contributed by atoms with van der Waals surface area (Å²) in [6.45, 7) is 0.925. The van der Waals surface area contributed by atoms with Gasteiger partial charge in [-0.25, -0.2) is 8.78 Å². The molecule has 1 aliphatic heterocycles. The van der Waals surface area contributed by atoms with E-state index < -0.39 is 11.6 Å². The summed E-state index contributed by atoms with van der Waals surface area (Å²) in [5.41, 5.74) is 0.680. The van der Waals surface area contributed by atoms with Gasteiger partial charge in [0.15, 0.2) is 0 Å². The van der Waals surface area contributed by atoms with Gasteiger partial charge >= 0.3 is 0 Å². The molecule has 0 bridgehead atoms. The molecule has 0 aliphatic carbocycles. The lowest BCUT2D eigenvalue weighted by atomic mass is 10.0. The summed E-state index contributed by atoms with van der Waals surface area (Å²) in [5, 5.41) is 3.15. The fraction of sp³-hybridized carbons (Fsp3) is 0.600. The summed E-state index contributed by atoms with van der Waals surface area (Å²) < 4.78 is 26.6. The predicted molar refractivity (Wildman–Crippen MR) is 81.1 cm³/mol. The Morgan fingerprint density at radius 1 is 1.35 bits per heavy atom. The first-order valence-electron chi connectivity index (χ1n) is 7.01. The Bertz CT molecular complexity index is 416. The van der Waals surface area contributed by atoms with Crippen molar-refractivity contribution in [1.29, 1.82) is 0 Å². The first-order chi connectivity index (χ1) is 9.60. The zero-order chi connectivity index (χ0) is 14.5. The zero-order valence-corrected chi connectivity index (χ0v) is 12.9. The second kappa shape index (κ2) is 7.38. The third-order valence-electron chi connectivity index (χ3n) is 3.94. The lowest BCUT2D eigenvalue weighted by molar-refractivity contribution is 0.248. The molecule has 2 atom stereocenters. The Labute approximate surface area is 123 Å². The normalized spacial score (nSPS) is 20.6. The van der Waals surface area contributed by atoms with Gasteiger partial charge in [0.1, 0.15) is 11.6 Å². The number of benzene rings is 1. The highest BCUT2D eigenvalue weighted by Crippen LogP contribution is 2.23. The van der Waals surface area contributed by atoms with Crippen LogP contribution in [0.2, 0.25) is 0 Å². The Kier molecular flexibility index (Phi) is 5.81. The van der Waals surface area contributed by atoms with E-state index in [0.29, 0.717) is 11.6 Å². The SMILES string of the molecule is CNC(CCN(C)C1CCSC1)c1cc(F)cc(F)c1. The van der Waals surface area contributed by atoms with E-state index in [4.69, 9.17) is 0 Å². The van der Waals surface area contributed by atoms with Gasteiger partial charge < -0.3 is 10.2 Å². The van der Waals surface area contributed by atoms with Crippen LogP contribution in [0.3, 0.4) is 0 Å². The number of hydrogen-bond acceptors (Lipinski definition) is 3. The molecule has 2 nitrogen and oxygen atoms in total. The molecule has 1 saturated heterocycles. The van der Waals surface area contributed by atoms with E-state index >= 15 is 0 Å². The largest absolute Gasteiger partial charge is 0.313 e. The van der Waals surface area contributed by atoms with Crippen LogP contribution in [-0.4, -0.2) is 43.1 Å². The first-order valence-corrected chi connectivity index (χ1v) is 8.17. The maximum Gasteiger partial charge on any atom is 0.126 e. The quantitative estimate of drug-likeness (QED) is 0.869. The van der Waals surface area contributed by atoms with Gasteiger partial charge in [-0.15, -0.1) is 0 Å². The molecule has 1 aliphatic rings. The highest BCUT2D eigenvalue weighted by molar-refractivity contribution is 7.99. The zero-order valence-electron chi connectivity index (χ0n) is 12.0. The van der Waals surface area contributed by atoms with Crippen molar-refractivity contribution in [2.45, 2.75) is 24.9 Å². The fourth-order valence-electron chi connectivity index (χ4n) is 2.64. The third-order valence-corrected chi connectivity index (χ3v) is 5.08. The van der Waals surface area contributed by atoms with Gasteiger partial charge in [-0.05, 0) is 56.9 Å². The summed E-state index contributed by atoms with van der Waals surface area (Å²) in [5.74, 6) is 1.40. The van der Waals surface area contributed by atoms with Gasteiger partial charge in [0, 0.05) is 23.9 Å². The molecule has 20 heavy (non-hydrogen) atoms. The standard InChI is InChI=1S/C15H22F2N2S/c1-18-15(11-7-12(16)9-13(17)8-11)3-5-19(2)14-4-6-20-10-14/h7-9,14-15,18H,3-6,10H2,1-2H3. The Hall–Kier alpha value is -0.650. The molecule has 1 aromatic carbocycles. The number of hydrogen-bond donors (Lipinski definition) is 1. The van der Waals surface area contributed by atoms with Crippen molar-refractivity contribution in [3.8, 4) is 0 Å². The van der Waals surface area contributed by atoms with Crippen LogP contribution in [0, 0.1) is 11.6 Å². The molecule has 2 rings (SSSR count). The minimum atomic E-state index is -0.513. The highest BCUT2D eigenvalue weighted by atomic mass is 32.2. The predicted octanol–water partition coefficient (Wildman–Crippen LogP) is 3.05. The minimum Gasteiger partial charge on any atom is -0.313 e. The second-order valence-electron chi connectivity index (χ2n) is 5.33. The van der Waals surface area contributed by atoms with Crippen LogP contribution in [-0.2, 0) is 0 Å². The van der Waals surface area contributed by atoms with Gasteiger partial charge in [-0.3, -0.25) is 0 Å². The van der Waals surface area contributed by atoms with Crippen molar-refractivity contribution in [3.05, 3.63) is 35.4 Å². The number of halogens is 2. The average molecular weight is 300 g/mol. The Morgan fingerprint density at radius 3 is 2.60 bits per heavy atom. The number of rotatable bonds is 6. The van der Waals surface area contributed by atoms with Gasteiger partial charge in [-0.1, -0.05) is 0 Å². The van der Waals surface area contributed by atoms with E-state index in [-0.39, 0.29) is 6.04 Å². The number of nitrogens with zero attached hydrogens (tertiary/aromatic N) is 1. The molecule has 5 heteroatoms. The molecule has 112 valence electrons. The molecule has 0 spiro atoms. The van der Waals surface area contributed by atoms with E-state index in [0.717, 1.165) is 19.0 Å². The minimum absolute atomic E-state index is 0.0169. The highest BCUT2D eigenvalue weighted by Gasteiger charge is 2.21. The van der Waals surface area contributed by atoms with E-state index in [2.05, 4.69) is 17.3 Å². The van der Waals surface area contributed by atoms with E-state index in [1.165, 1.54) is 30.1 Å². The summed E-state index contributed by atoms with van der Waals surface area (Å²) in [6.07, 6.45) is 2.08. The van der Waals surface area contributed by atoms with Crippen LogP contribution in [0.1, 0.15) is 24.4 Å². The molecule has 0 radical (unpaired) electrons.